The minimum absolute atomic E-state index is 0.285. The van der Waals surface area contributed by atoms with E-state index in [0.29, 0.717) is 10.3 Å². The van der Waals surface area contributed by atoms with Gasteiger partial charge in [0.15, 0.2) is 5.82 Å². The molecule has 0 spiro atoms. The van der Waals surface area contributed by atoms with Crippen molar-refractivity contribution in [3.63, 3.8) is 0 Å². The molecule has 100 valence electrons. The second kappa shape index (κ2) is 5.65. The third kappa shape index (κ3) is 2.76. The van der Waals surface area contributed by atoms with Crippen LogP contribution in [0.2, 0.25) is 0 Å². The number of nitrogens with zero attached hydrogens (tertiary/aromatic N) is 2. The molecule has 0 saturated carbocycles. The van der Waals surface area contributed by atoms with Crippen LogP contribution >= 0.6 is 15.9 Å². The zero-order valence-corrected chi connectivity index (χ0v) is 12.7. The molecule has 1 aromatic carbocycles. The molecule has 0 atom stereocenters. The first-order valence-electron chi connectivity index (χ1n) is 6.07. The van der Waals surface area contributed by atoms with Crippen LogP contribution in [0.3, 0.4) is 0 Å². The van der Waals surface area contributed by atoms with Crippen LogP contribution in [0, 0.1) is 12.7 Å². The molecule has 0 amide bonds. The fourth-order valence-corrected chi connectivity index (χ4v) is 2.47. The lowest BCUT2D eigenvalue weighted by atomic mass is 10.1. The van der Waals surface area contributed by atoms with Crippen molar-refractivity contribution in [2.24, 2.45) is 0 Å². The Bertz CT molecular complexity index is 589. The second-order valence-electron chi connectivity index (χ2n) is 4.20. The number of rotatable bonds is 3. The Balaban J connectivity index is 2.62. The maximum Gasteiger partial charge on any atom is 0.162 e. The Morgan fingerprint density at radius 1 is 1.32 bits per heavy atom. The van der Waals surface area contributed by atoms with Crippen molar-refractivity contribution >= 4 is 21.7 Å². The molecule has 19 heavy (non-hydrogen) atoms. The van der Waals surface area contributed by atoms with Crippen LogP contribution in [0.4, 0.5) is 10.2 Å². The van der Waals surface area contributed by atoms with Crippen molar-refractivity contribution in [3.05, 3.63) is 39.7 Å². The first kappa shape index (κ1) is 13.9. The molecule has 1 N–H and O–H groups in total. The van der Waals surface area contributed by atoms with Crippen LogP contribution in [0.25, 0.3) is 11.4 Å². The summed E-state index contributed by atoms with van der Waals surface area (Å²) in [4.78, 5) is 9.04. The molecule has 2 aromatic rings. The SMILES string of the molecule is CCc1nc(-c2ccc(F)cc2Br)nc(NC)c1C. The number of hydrogen-bond donors (Lipinski definition) is 1. The van der Waals surface area contributed by atoms with Gasteiger partial charge in [-0.1, -0.05) is 6.92 Å². The van der Waals surface area contributed by atoms with E-state index in [-0.39, 0.29) is 5.82 Å². The van der Waals surface area contributed by atoms with E-state index in [2.05, 4.69) is 38.1 Å². The second-order valence-corrected chi connectivity index (χ2v) is 5.05. The van der Waals surface area contributed by atoms with Crippen LogP contribution in [-0.4, -0.2) is 17.0 Å². The average molecular weight is 324 g/mol. The zero-order chi connectivity index (χ0) is 14.0. The number of benzene rings is 1. The molecule has 1 heterocycles. The van der Waals surface area contributed by atoms with Gasteiger partial charge in [-0.25, -0.2) is 14.4 Å². The molecule has 3 nitrogen and oxygen atoms in total. The smallest absolute Gasteiger partial charge is 0.162 e. The van der Waals surface area contributed by atoms with E-state index in [9.17, 15) is 4.39 Å². The van der Waals surface area contributed by atoms with Crippen molar-refractivity contribution in [1.29, 1.82) is 0 Å². The van der Waals surface area contributed by atoms with Gasteiger partial charge in [-0.05, 0) is 47.5 Å². The summed E-state index contributed by atoms with van der Waals surface area (Å²) in [7, 11) is 1.83. The highest BCUT2D eigenvalue weighted by atomic mass is 79.9. The molecule has 0 fully saturated rings. The summed E-state index contributed by atoms with van der Waals surface area (Å²) in [5, 5.41) is 3.07. The summed E-state index contributed by atoms with van der Waals surface area (Å²) in [5.41, 5.74) is 2.82. The predicted octanol–water partition coefficient (Wildman–Crippen LogP) is 3.96. The van der Waals surface area contributed by atoms with E-state index < -0.39 is 0 Å². The number of anilines is 1. The van der Waals surface area contributed by atoms with Gasteiger partial charge in [-0.2, -0.15) is 0 Å². The lowest BCUT2D eigenvalue weighted by Crippen LogP contribution is -2.05. The van der Waals surface area contributed by atoms with E-state index in [1.165, 1.54) is 12.1 Å². The van der Waals surface area contributed by atoms with Gasteiger partial charge in [-0.15, -0.1) is 0 Å². The monoisotopic (exact) mass is 323 g/mol. The van der Waals surface area contributed by atoms with Gasteiger partial charge in [0.1, 0.15) is 11.6 Å². The Morgan fingerprint density at radius 3 is 2.63 bits per heavy atom. The topological polar surface area (TPSA) is 37.8 Å². The molecule has 0 bridgehead atoms. The Kier molecular flexibility index (Phi) is 4.14. The lowest BCUT2D eigenvalue weighted by molar-refractivity contribution is 0.627. The van der Waals surface area contributed by atoms with Crippen LogP contribution in [-0.2, 0) is 6.42 Å². The summed E-state index contributed by atoms with van der Waals surface area (Å²) in [5.74, 6) is 1.11. The van der Waals surface area contributed by atoms with E-state index in [0.717, 1.165) is 29.1 Å². The van der Waals surface area contributed by atoms with Gasteiger partial charge in [0.25, 0.3) is 0 Å². The molecule has 0 unspecified atom stereocenters. The maximum atomic E-state index is 13.1. The highest BCUT2D eigenvalue weighted by Gasteiger charge is 2.12. The molecule has 2 rings (SSSR count). The van der Waals surface area contributed by atoms with E-state index in [1.54, 1.807) is 6.07 Å². The molecule has 0 aliphatic heterocycles. The maximum absolute atomic E-state index is 13.1. The summed E-state index contributed by atoms with van der Waals surface area (Å²) < 4.78 is 13.8. The van der Waals surface area contributed by atoms with E-state index in [1.807, 2.05) is 14.0 Å². The first-order chi connectivity index (χ1) is 9.06. The molecule has 0 aliphatic carbocycles. The Labute approximate surface area is 120 Å². The van der Waals surface area contributed by atoms with Gasteiger partial charge < -0.3 is 5.32 Å². The number of halogens is 2. The van der Waals surface area contributed by atoms with Gasteiger partial charge in [0, 0.05) is 28.3 Å². The zero-order valence-electron chi connectivity index (χ0n) is 11.1. The van der Waals surface area contributed by atoms with Crippen LogP contribution < -0.4 is 5.32 Å². The Hall–Kier alpha value is -1.49. The van der Waals surface area contributed by atoms with Gasteiger partial charge >= 0.3 is 0 Å². The fourth-order valence-electron chi connectivity index (χ4n) is 1.94. The summed E-state index contributed by atoms with van der Waals surface area (Å²) in [6, 6.07) is 4.51. The number of aryl methyl sites for hydroxylation is 1. The highest BCUT2D eigenvalue weighted by molar-refractivity contribution is 9.10. The third-order valence-electron chi connectivity index (χ3n) is 2.99. The summed E-state index contributed by atoms with van der Waals surface area (Å²) >= 11 is 3.35. The predicted molar refractivity (Wildman–Crippen MR) is 78.8 cm³/mol. The van der Waals surface area contributed by atoms with E-state index in [4.69, 9.17) is 0 Å². The summed E-state index contributed by atoms with van der Waals surface area (Å²) in [6.07, 6.45) is 0.828. The standard InChI is InChI=1S/C14H15BrFN3/c1-4-12-8(2)13(17-3)19-14(18-12)10-6-5-9(16)7-11(10)15/h5-7H,4H2,1-3H3,(H,17,18,19). The van der Waals surface area contributed by atoms with E-state index >= 15 is 0 Å². The van der Waals surface area contributed by atoms with Gasteiger partial charge in [-0.3, -0.25) is 0 Å². The van der Waals surface area contributed by atoms with Crippen LogP contribution in [0.5, 0.6) is 0 Å². The minimum atomic E-state index is -0.285. The molecular weight excluding hydrogens is 309 g/mol. The number of aromatic nitrogens is 2. The van der Waals surface area contributed by atoms with Gasteiger partial charge in [0.2, 0.25) is 0 Å². The van der Waals surface area contributed by atoms with Gasteiger partial charge in [0.05, 0.1) is 0 Å². The molecule has 1 aromatic heterocycles. The normalized spacial score (nSPS) is 10.6. The molecule has 5 heteroatoms. The van der Waals surface area contributed by atoms with Crippen LogP contribution in [0.15, 0.2) is 22.7 Å². The number of hydrogen-bond acceptors (Lipinski definition) is 3. The Morgan fingerprint density at radius 2 is 2.05 bits per heavy atom. The van der Waals surface area contributed by atoms with Crippen molar-refractivity contribution in [2.75, 3.05) is 12.4 Å². The molecule has 0 aliphatic rings. The van der Waals surface area contributed by atoms with Crippen molar-refractivity contribution in [1.82, 2.24) is 9.97 Å². The largest absolute Gasteiger partial charge is 0.373 e. The third-order valence-corrected chi connectivity index (χ3v) is 3.65. The van der Waals surface area contributed by atoms with Crippen molar-refractivity contribution in [2.45, 2.75) is 20.3 Å². The van der Waals surface area contributed by atoms with Crippen LogP contribution in [0.1, 0.15) is 18.2 Å². The molecular formula is C14H15BrFN3. The lowest BCUT2D eigenvalue weighted by Gasteiger charge is -2.12. The quantitative estimate of drug-likeness (QED) is 0.929. The molecule has 0 radical (unpaired) electrons. The van der Waals surface area contributed by atoms with Crippen molar-refractivity contribution < 1.29 is 4.39 Å². The molecule has 0 saturated heterocycles. The minimum Gasteiger partial charge on any atom is -0.373 e. The average Bonchev–Trinajstić information content (AvgIpc) is 2.39. The highest BCUT2D eigenvalue weighted by Crippen LogP contribution is 2.28. The number of nitrogens with one attached hydrogen (secondary N) is 1. The first-order valence-corrected chi connectivity index (χ1v) is 6.86. The van der Waals surface area contributed by atoms with Crippen molar-refractivity contribution in [3.8, 4) is 11.4 Å². The fraction of sp³-hybridized carbons (Fsp3) is 0.286. The summed E-state index contributed by atoms with van der Waals surface area (Å²) in [6.45, 7) is 4.05.